The predicted molar refractivity (Wildman–Crippen MR) is 316 cm³/mol. The van der Waals surface area contributed by atoms with Gasteiger partial charge >= 0.3 is 17.9 Å². The first-order valence-electron chi connectivity index (χ1n) is 32.1. The minimum atomic E-state index is -0.782. The molecule has 0 amide bonds. The van der Waals surface area contributed by atoms with Gasteiger partial charge in [0.25, 0.3) is 0 Å². The first-order valence-corrected chi connectivity index (χ1v) is 32.1. The van der Waals surface area contributed by atoms with E-state index in [0.29, 0.717) is 19.3 Å². The summed E-state index contributed by atoms with van der Waals surface area (Å²) in [6.45, 7) is 6.62. The van der Waals surface area contributed by atoms with Crippen LogP contribution in [0.2, 0.25) is 0 Å². The van der Waals surface area contributed by atoms with Crippen molar-refractivity contribution in [3.63, 3.8) is 0 Å². The third kappa shape index (κ3) is 60.1. The molecule has 73 heavy (non-hydrogen) atoms. The van der Waals surface area contributed by atoms with Crippen molar-refractivity contribution in [2.24, 2.45) is 0 Å². The van der Waals surface area contributed by atoms with Gasteiger partial charge in [-0.05, 0) is 77.0 Å². The van der Waals surface area contributed by atoms with Crippen molar-refractivity contribution >= 4 is 17.9 Å². The number of esters is 3. The Morgan fingerprint density at radius 1 is 0.274 bits per heavy atom. The van der Waals surface area contributed by atoms with Crippen molar-refractivity contribution in [1.82, 2.24) is 0 Å². The predicted octanol–water partition coefficient (Wildman–Crippen LogP) is 21.8. The Morgan fingerprint density at radius 3 is 0.822 bits per heavy atom. The highest BCUT2D eigenvalue weighted by Gasteiger charge is 2.19. The Bertz CT molecular complexity index is 1270. The molecule has 0 saturated carbocycles. The molecule has 0 aliphatic heterocycles. The fraction of sp³-hybridized carbons (Fsp3) is 0.836. The molecule has 0 spiro atoms. The third-order valence-electron chi connectivity index (χ3n) is 14.3. The summed E-state index contributed by atoms with van der Waals surface area (Å²) < 4.78 is 16.9. The lowest BCUT2D eigenvalue weighted by atomic mass is 10.0. The molecule has 1 unspecified atom stereocenters. The molecule has 0 rings (SSSR count). The van der Waals surface area contributed by atoms with E-state index in [1.165, 1.54) is 218 Å². The van der Waals surface area contributed by atoms with Crippen molar-refractivity contribution in [1.29, 1.82) is 0 Å². The normalized spacial score (nSPS) is 12.3. The van der Waals surface area contributed by atoms with Crippen LogP contribution in [-0.2, 0) is 28.6 Å². The van der Waals surface area contributed by atoms with Crippen LogP contribution in [0.1, 0.15) is 342 Å². The van der Waals surface area contributed by atoms with Gasteiger partial charge in [0, 0.05) is 19.3 Å². The molecule has 1 atom stereocenters. The maximum absolute atomic E-state index is 12.9. The lowest BCUT2D eigenvalue weighted by Gasteiger charge is -2.18. The van der Waals surface area contributed by atoms with Crippen molar-refractivity contribution in [3.8, 4) is 0 Å². The van der Waals surface area contributed by atoms with Crippen LogP contribution < -0.4 is 0 Å². The number of unbranched alkanes of at least 4 members (excludes halogenated alkanes) is 40. The number of ether oxygens (including phenoxy) is 3. The molecule has 426 valence electrons. The average molecular weight is 1020 g/mol. The summed E-state index contributed by atoms with van der Waals surface area (Å²) in [4.78, 5) is 38.2. The van der Waals surface area contributed by atoms with Crippen LogP contribution in [0.5, 0.6) is 0 Å². The number of carbonyl (C=O) groups excluding carboxylic acids is 3. The maximum Gasteiger partial charge on any atom is 0.306 e. The van der Waals surface area contributed by atoms with Gasteiger partial charge in [-0.15, -0.1) is 0 Å². The largest absolute Gasteiger partial charge is 0.462 e. The molecule has 0 aromatic heterocycles. The van der Waals surface area contributed by atoms with Crippen molar-refractivity contribution in [3.05, 3.63) is 48.6 Å². The van der Waals surface area contributed by atoms with Crippen LogP contribution in [0, 0.1) is 0 Å². The van der Waals surface area contributed by atoms with Gasteiger partial charge in [-0.25, -0.2) is 0 Å². The number of hydrogen-bond acceptors (Lipinski definition) is 6. The van der Waals surface area contributed by atoms with E-state index in [1.807, 2.05) is 0 Å². The second-order valence-electron chi connectivity index (χ2n) is 21.7. The number of carbonyl (C=O) groups is 3. The Balaban J connectivity index is 4.26. The van der Waals surface area contributed by atoms with Crippen molar-refractivity contribution in [2.45, 2.75) is 348 Å². The van der Waals surface area contributed by atoms with Crippen LogP contribution in [0.4, 0.5) is 0 Å². The highest BCUT2D eigenvalue weighted by Crippen LogP contribution is 2.17. The van der Waals surface area contributed by atoms with E-state index >= 15 is 0 Å². The molecule has 6 heteroatoms. The summed E-state index contributed by atoms with van der Waals surface area (Å²) in [5, 5.41) is 0. The van der Waals surface area contributed by atoms with Gasteiger partial charge in [-0.3, -0.25) is 14.4 Å². The topological polar surface area (TPSA) is 78.9 Å². The first kappa shape index (κ1) is 70.4. The quantitative estimate of drug-likeness (QED) is 0.0261. The Kier molecular flexibility index (Phi) is 59.7. The fourth-order valence-corrected chi connectivity index (χ4v) is 9.43. The Hall–Kier alpha value is -2.63. The van der Waals surface area contributed by atoms with Gasteiger partial charge in [0.2, 0.25) is 0 Å². The fourth-order valence-electron chi connectivity index (χ4n) is 9.43. The van der Waals surface area contributed by atoms with Gasteiger partial charge in [-0.1, -0.05) is 294 Å². The van der Waals surface area contributed by atoms with Gasteiger partial charge in [-0.2, -0.15) is 0 Å². The smallest absolute Gasteiger partial charge is 0.306 e. The standard InChI is InChI=1S/C67H122O6/c1-4-7-10-13-16-19-22-24-26-28-30-32-33-35-36-38-40-42-45-48-51-54-57-60-66(69)72-63-64(62-71-65(68)59-56-53-50-47-44-21-18-15-12-9-6-3)73-67(70)61-58-55-52-49-46-43-41-39-37-34-31-29-27-25-23-20-17-14-11-8-5-2/h15,18,23,25,29,31,37,39,64H,4-14,16-17,19-22,24,26-28,30,32-36,38,40-63H2,1-3H3/b18-15-,25-23-,31-29-,39-37-. The monoisotopic (exact) mass is 1020 g/mol. The zero-order valence-corrected chi connectivity index (χ0v) is 48.9. The van der Waals surface area contributed by atoms with Crippen molar-refractivity contribution in [2.75, 3.05) is 13.2 Å². The van der Waals surface area contributed by atoms with Crippen LogP contribution in [-0.4, -0.2) is 37.2 Å². The van der Waals surface area contributed by atoms with Gasteiger partial charge < -0.3 is 14.2 Å². The number of allylic oxidation sites excluding steroid dienone is 8. The van der Waals surface area contributed by atoms with E-state index in [0.717, 1.165) is 83.5 Å². The molecule has 0 radical (unpaired) electrons. The molecule has 0 fully saturated rings. The summed E-state index contributed by atoms with van der Waals surface area (Å²) in [7, 11) is 0. The Labute approximate surface area is 454 Å². The number of rotatable bonds is 59. The molecule has 0 aliphatic rings. The molecule has 0 aromatic rings. The van der Waals surface area contributed by atoms with Crippen LogP contribution in [0.15, 0.2) is 48.6 Å². The minimum Gasteiger partial charge on any atom is -0.462 e. The summed E-state index contributed by atoms with van der Waals surface area (Å²) in [6.07, 6.45) is 77.0. The van der Waals surface area contributed by atoms with E-state index in [-0.39, 0.29) is 31.1 Å². The van der Waals surface area contributed by atoms with E-state index in [1.54, 1.807) is 0 Å². The molecule has 0 aliphatic carbocycles. The molecule has 0 saturated heterocycles. The summed E-state index contributed by atoms with van der Waals surface area (Å²) in [6, 6.07) is 0. The second kappa shape index (κ2) is 61.9. The molecular weight excluding hydrogens is 901 g/mol. The lowest BCUT2D eigenvalue weighted by Crippen LogP contribution is -2.30. The van der Waals surface area contributed by atoms with Crippen molar-refractivity contribution < 1.29 is 28.6 Å². The maximum atomic E-state index is 12.9. The van der Waals surface area contributed by atoms with E-state index in [9.17, 15) is 14.4 Å². The van der Waals surface area contributed by atoms with Gasteiger partial charge in [0.15, 0.2) is 6.10 Å². The molecule has 0 N–H and O–H groups in total. The summed E-state index contributed by atoms with van der Waals surface area (Å²) in [5.74, 6) is -0.882. The Morgan fingerprint density at radius 2 is 0.507 bits per heavy atom. The highest BCUT2D eigenvalue weighted by molar-refractivity contribution is 5.71. The van der Waals surface area contributed by atoms with Crippen LogP contribution in [0.25, 0.3) is 0 Å². The molecule has 0 heterocycles. The third-order valence-corrected chi connectivity index (χ3v) is 14.3. The van der Waals surface area contributed by atoms with E-state index in [4.69, 9.17) is 14.2 Å². The molecular formula is C67H122O6. The summed E-state index contributed by atoms with van der Waals surface area (Å²) >= 11 is 0. The van der Waals surface area contributed by atoms with Crippen LogP contribution in [0.3, 0.4) is 0 Å². The average Bonchev–Trinajstić information content (AvgIpc) is 3.39. The lowest BCUT2D eigenvalue weighted by molar-refractivity contribution is -0.167. The summed E-state index contributed by atoms with van der Waals surface area (Å²) in [5.41, 5.74) is 0. The van der Waals surface area contributed by atoms with E-state index in [2.05, 4.69) is 69.4 Å². The molecule has 0 bridgehead atoms. The zero-order valence-electron chi connectivity index (χ0n) is 48.9. The highest BCUT2D eigenvalue weighted by atomic mass is 16.6. The van der Waals surface area contributed by atoms with E-state index < -0.39 is 6.10 Å². The first-order chi connectivity index (χ1) is 36.0. The van der Waals surface area contributed by atoms with Gasteiger partial charge in [0.1, 0.15) is 13.2 Å². The zero-order chi connectivity index (χ0) is 52.9. The second-order valence-corrected chi connectivity index (χ2v) is 21.7. The minimum absolute atomic E-state index is 0.0779. The van der Waals surface area contributed by atoms with Gasteiger partial charge in [0.05, 0.1) is 0 Å². The van der Waals surface area contributed by atoms with Crippen LogP contribution >= 0.6 is 0 Å². The SMILES string of the molecule is CCCC/C=C\CCCCCCCC(=O)OCC(COC(=O)CCCCCCCCCCCCCCCCCCCCCCCCC)OC(=O)CCCCCCCC/C=C\C/C=C\C/C=C\CCCCCCC. The number of hydrogen-bond donors (Lipinski definition) is 0. The molecule has 0 aromatic carbocycles. The molecule has 6 nitrogen and oxygen atoms in total.